The van der Waals surface area contributed by atoms with E-state index in [4.69, 9.17) is 15.2 Å². The highest BCUT2D eigenvalue weighted by molar-refractivity contribution is 5.94. The Hall–Kier alpha value is -2.01. The lowest BCUT2D eigenvalue weighted by molar-refractivity contribution is 0.174. The maximum Gasteiger partial charge on any atom is 0.231 e. The smallest absolute Gasteiger partial charge is 0.231 e. The van der Waals surface area contributed by atoms with Gasteiger partial charge in [0.2, 0.25) is 6.79 Å². The molecule has 2 N–H and O–H groups in total. The van der Waals surface area contributed by atoms with Crippen molar-refractivity contribution in [2.24, 2.45) is 5.73 Å². The number of nitrogens with zero attached hydrogens (tertiary/aromatic N) is 2. The quantitative estimate of drug-likeness (QED) is 0.906. The van der Waals surface area contributed by atoms with Crippen LogP contribution in [0.3, 0.4) is 0 Å². The number of rotatable bonds is 4. The Balaban J connectivity index is 2.14. The molecule has 1 aliphatic heterocycles. The van der Waals surface area contributed by atoms with E-state index in [1.165, 1.54) is 0 Å². The third-order valence-electron chi connectivity index (χ3n) is 3.32. The van der Waals surface area contributed by atoms with Crippen molar-refractivity contribution in [1.29, 1.82) is 0 Å². The lowest BCUT2D eigenvalue weighted by Gasteiger charge is -2.22. The van der Waals surface area contributed by atoms with Gasteiger partial charge in [-0.15, -0.1) is 0 Å². The van der Waals surface area contributed by atoms with Gasteiger partial charge in [-0.3, -0.25) is 0 Å². The number of benzene rings is 1. The first kappa shape index (κ1) is 12.0. The van der Waals surface area contributed by atoms with Crippen molar-refractivity contribution in [2.45, 2.75) is 6.92 Å². The Morgan fingerprint density at radius 2 is 2.11 bits per heavy atom. The Morgan fingerprint density at radius 3 is 2.84 bits per heavy atom. The topological polar surface area (TPSA) is 60.6 Å². The molecule has 19 heavy (non-hydrogen) atoms. The normalized spacial score (nSPS) is 12.9. The highest BCUT2D eigenvalue weighted by Gasteiger charge is 2.17. The number of aromatic nitrogens is 1. The number of hydrogen-bond acceptors (Lipinski definition) is 5. The average Bonchev–Trinajstić information content (AvgIpc) is 2.89. The zero-order valence-electron chi connectivity index (χ0n) is 10.9. The third kappa shape index (κ3) is 2.06. The molecule has 0 atom stereocenters. The van der Waals surface area contributed by atoms with Gasteiger partial charge in [0.15, 0.2) is 11.5 Å². The summed E-state index contributed by atoms with van der Waals surface area (Å²) in [4.78, 5) is 6.67. The molecule has 0 aliphatic carbocycles. The van der Waals surface area contributed by atoms with E-state index in [1.807, 2.05) is 24.4 Å². The van der Waals surface area contributed by atoms with E-state index in [-0.39, 0.29) is 6.79 Å². The minimum absolute atomic E-state index is 0.286. The molecule has 5 nitrogen and oxygen atoms in total. The summed E-state index contributed by atoms with van der Waals surface area (Å²) < 4.78 is 10.8. The molecule has 100 valence electrons. The zero-order chi connectivity index (χ0) is 13.2. The number of likely N-dealkylation sites (N-methyl/N-ethyl adjacent to an activating group) is 1. The van der Waals surface area contributed by atoms with Gasteiger partial charge in [0.25, 0.3) is 0 Å². The van der Waals surface area contributed by atoms with Crippen molar-refractivity contribution in [3.05, 3.63) is 24.4 Å². The molecule has 0 bridgehead atoms. The van der Waals surface area contributed by atoms with Crippen molar-refractivity contribution in [3.63, 3.8) is 0 Å². The van der Waals surface area contributed by atoms with Crippen LogP contribution in [0.5, 0.6) is 11.5 Å². The van der Waals surface area contributed by atoms with Crippen molar-refractivity contribution in [1.82, 2.24) is 4.98 Å². The Morgan fingerprint density at radius 1 is 1.32 bits per heavy atom. The predicted octanol–water partition coefficient (Wildman–Crippen LogP) is 1.75. The number of ether oxygens (including phenoxy) is 2. The van der Waals surface area contributed by atoms with Crippen LogP contribution in [-0.2, 0) is 0 Å². The third-order valence-corrected chi connectivity index (χ3v) is 3.32. The molecule has 0 unspecified atom stereocenters. The van der Waals surface area contributed by atoms with Crippen LogP contribution < -0.4 is 20.1 Å². The summed E-state index contributed by atoms with van der Waals surface area (Å²) >= 11 is 0. The molecule has 0 spiro atoms. The highest BCUT2D eigenvalue weighted by Crippen LogP contribution is 2.38. The van der Waals surface area contributed by atoms with E-state index in [1.54, 1.807) is 0 Å². The summed E-state index contributed by atoms with van der Waals surface area (Å²) in [5, 5.41) is 2.17. The second-order valence-electron chi connectivity index (χ2n) is 4.43. The molecule has 2 aromatic rings. The van der Waals surface area contributed by atoms with E-state index in [0.29, 0.717) is 6.54 Å². The molecule has 2 heterocycles. The van der Waals surface area contributed by atoms with Crippen LogP contribution in [0.1, 0.15) is 6.92 Å². The SMILES string of the molecule is CCN(CCN)c1nccc2cc3c(cc12)OCO3. The molecule has 1 aromatic heterocycles. The maximum absolute atomic E-state index is 5.66. The monoisotopic (exact) mass is 259 g/mol. The second kappa shape index (κ2) is 4.93. The fraction of sp³-hybridized carbons (Fsp3) is 0.357. The minimum atomic E-state index is 0.286. The molecular weight excluding hydrogens is 242 g/mol. The summed E-state index contributed by atoms with van der Waals surface area (Å²) in [5.41, 5.74) is 5.66. The molecule has 3 rings (SSSR count). The summed E-state index contributed by atoms with van der Waals surface area (Å²) in [7, 11) is 0. The Kier molecular flexibility index (Phi) is 3.13. The van der Waals surface area contributed by atoms with Crippen LogP contribution in [0.2, 0.25) is 0 Å². The number of anilines is 1. The first-order chi connectivity index (χ1) is 9.33. The van der Waals surface area contributed by atoms with Gasteiger partial charge in [-0.05, 0) is 30.5 Å². The first-order valence-corrected chi connectivity index (χ1v) is 6.47. The van der Waals surface area contributed by atoms with Crippen LogP contribution >= 0.6 is 0 Å². The van der Waals surface area contributed by atoms with Gasteiger partial charge in [0.05, 0.1) is 0 Å². The molecule has 1 aliphatic rings. The van der Waals surface area contributed by atoms with Crippen molar-refractivity contribution < 1.29 is 9.47 Å². The number of fused-ring (bicyclic) bond motifs is 2. The van der Waals surface area contributed by atoms with Crippen LogP contribution in [-0.4, -0.2) is 31.4 Å². The van der Waals surface area contributed by atoms with Crippen molar-refractivity contribution in [3.8, 4) is 11.5 Å². The summed E-state index contributed by atoms with van der Waals surface area (Å²) in [6.07, 6.45) is 1.82. The van der Waals surface area contributed by atoms with Gasteiger partial charge >= 0.3 is 0 Å². The number of hydrogen-bond donors (Lipinski definition) is 1. The average molecular weight is 259 g/mol. The zero-order valence-corrected chi connectivity index (χ0v) is 10.9. The Bertz CT molecular complexity index is 601. The van der Waals surface area contributed by atoms with Crippen molar-refractivity contribution >= 4 is 16.6 Å². The van der Waals surface area contributed by atoms with E-state index >= 15 is 0 Å². The molecule has 0 saturated heterocycles. The number of nitrogens with two attached hydrogens (primary N) is 1. The lowest BCUT2D eigenvalue weighted by atomic mass is 10.1. The minimum Gasteiger partial charge on any atom is -0.454 e. The second-order valence-corrected chi connectivity index (χ2v) is 4.43. The molecule has 0 fully saturated rings. The fourth-order valence-electron chi connectivity index (χ4n) is 2.37. The molecule has 0 saturated carbocycles. The number of pyridine rings is 1. The van der Waals surface area contributed by atoms with Gasteiger partial charge in [-0.1, -0.05) is 0 Å². The fourth-order valence-corrected chi connectivity index (χ4v) is 2.37. The van der Waals surface area contributed by atoms with E-state index < -0.39 is 0 Å². The predicted molar refractivity (Wildman–Crippen MR) is 74.8 cm³/mol. The first-order valence-electron chi connectivity index (χ1n) is 6.47. The summed E-state index contributed by atoms with van der Waals surface area (Å²) in [6, 6.07) is 5.98. The maximum atomic E-state index is 5.66. The molecule has 5 heteroatoms. The molecular formula is C14H17N3O2. The van der Waals surface area contributed by atoms with Gasteiger partial charge < -0.3 is 20.1 Å². The van der Waals surface area contributed by atoms with Gasteiger partial charge in [0.1, 0.15) is 5.82 Å². The highest BCUT2D eigenvalue weighted by atomic mass is 16.7. The Labute approximate surface area is 111 Å². The standard InChI is InChI=1S/C14H17N3O2/c1-2-17(6-4-15)14-11-8-13-12(18-9-19-13)7-10(11)3-5-16-14/h3,5,7-8H,2,4,6,9,15H2,1H3. The lowest BCUT2D eigenvalue weighted by Crippen LogP contribution is -2.29. The van der Waals surface area contributed by atoms with Gasteiger partial charge in [-0.25, -0.2) is 4.98 Å². The molecule has 0 amide bonds. The van der Waals surface area contributed by atoms with Crippen LogP contribution in [0.25, 0.3) is 10.8 Å². The van der Waals surface area contributed by atoms with E-state index in [9.17, 15) is 0 Å². The summed E-state index contributed by atoms with van der Waals surface area (Å²) in [5.74, 6) is 2.53. The van der Waals surface area contributed by atoms with Crippen LogP contribution in [0.4, 0.5) is 5.82 Å². The largest absolute Gasteiger partial charge is 0.454 e. The van der Waals surface area contributed by atoms with Crippen LogP contribution in [0, 0.1) is 0 Å². The van der Waals surface area contributed by atoms with E-state index in [0.717, 1.165) is 41.2 Å². The van der Waals surface area contributed by atoms with Gasteiger partial charge in [-0.2, -0.15) is 0 Å². The summed E-state index contributed by atoms with van der Waals surface area (Å²) in [6.45, 7) is 4.66. The van der Waals surface area contributed by atoms with Crippen LogP contribution in [0.15, 0.2) is 24.4 Å². The van der Waals surface area contributed by atoms with Gasteiger partial charge in [0, 0.05) is 31.2 Å². The van der Waals surface area contributed by atoms with E-state index in [2.05, 4.69) is 16.8 Å². The molecule has 1 aromatic carbocycles. The van der Waals surface area contributed by atoms with Crippen molar-refractivity contribution in [2.75, 3.05) is 31.3 Å². The molecule has 0 radical (unpaired) electrons.